The number of hydrogen-bond acceptors (Lipinski definition) is 4. The van der Waals surface area contributed by atoms with Gasteiger partial charge in [-0.1, -0.05) is 36.4 Å². The molecule has 1 atom stereocenters. The van der Waals surface area contributed by atoms with Crippen molar-refractivity contribution in [3.05, 3.63) is 60.3 Å². The Morgan fingerprint density at radius 3 is 2.65 bits per heavy atom. The molecule has 0 aliphatic rings. The van der Waals surface area contributed by atoms with Gasteiger partial charge in [-0.05, 0) is 24.1 Å². The van der Waals surface area contributed by atoms with Crippen LogP contribution >= 0.6 is 0 Å². The number of anilines is 1. The molecule has 2 N–H and O–H groups in total. The van der Waals surface area contributed by atoms with Gasteiger partial charge in [-0.25, -0.2) is 4.52 Å². The van der Waals surface area contributed by atoms with Crippen molar-refractivity contribution in [3.63, 3.8) is 0 Å². The standard InChI is InChI=1S/C15H16N4O/c20-11-13(10-12-6-2-1-3-7-12)16-15-17-14-8-4-5-9-19(14)18-15/h1-9,13,20H,10-11H2,(H,16,18). The third kappa shape index (κ3) is 2.78. The maximum atomic E-state index is 9.50. The number of aromatic nitrogens is 3. The van der Waals surface area contributed by atoms with E-state index in [0.29, 0.717) is 5.95 Å². The van der Waals surface area contributed by atoms with Crippen LogP contribution in [0, 0.1) is 0 Å². The minimum absolute atomic E-state index is 0.0322. The van der Waals surface area contributed by atoms with Crippen LogP contribution in [0.4, 0.5) is 5.95 Å². The van der Waals surface area contributed by atoms with E-state index in [9.17, 15) is 5.11 Å². The van der Waals surface area contributed by atoms with E-state index in [0.717, 1.165) is 12.1 Å². The van der Waals surface area contributed by atoms with Crippen molar-refractivity contribution in [3.8, 4) is 0 Å². The lowest BCUT2D eigenvalue weighted by molar-refractivity contribution is 0.273. The van der Waals surface area contributed by atoms with Gasteiger partial charge in [-0.2, -0.15) is 4.98 Å². The van der Waals surface area contributed by atoms with Crippen LogP contribution in [-0.2, 0) is 6.42 Å². The molecule has 1 aromatic carbocycles. The maximum Gasteiger partial charge on any atom is 0.243 e. The van der Waals surface area contributed by atoms with Gasteiger partial charge in [0, 0.05) is 6.20 Å². The van der Waals surface area contributed by atoms with Gasteiger partial charge in [0.2, 0.25) is 5.95 Å². The number of hydrogen-bond donors (Lipinski definition) is 2. The summed E-state index contributed by atoms with van der Waals surface area (Å²) in [5.41, 5.74) is 1.95. The van der Waals surface area contributed by atoms with Crippen molar-refractivity contribution in [2.45, 2.75) is 12.5 Å². The first kappa shape index (κ1) is 12.6. The number of benzene rings is 1. The number of nitrogens with one attached hydrogen (secondary N) is 1. The van der Waals surface area contributed by atoms with Crippen molar-refractivity contribution in [2.75, 3.05) is 11.9 Å². The normalized spacial score (nSPS) is 12.4. The smallest absolute Gasteiger partial charge is 0.243 e. The summed E-state index contributed by atoms with van der Waals surface area (Å²) in [6.07, 6.45) is 2.57. The summed E-state index contributed by atoms with van der Waals surface area (Å²) in [7, 11) is 0. The zero-order valence-corrected chi connectivity index (χ0v) is 11.0. The Kier molecular flexibility index (Phi) is 3.60. The lowest BCUT2D eigenvalue weighted by Gasteiger charge is -2.14. The summed E-state index contributed by atoms with van der Waals surface area (Å²) in [4.78, 5) is 4.37. The highest BCUT2D eigenvalue weighted by Gasteiger charge is 2.11. The van der Waals surface area contributed by atoms with E-state index in [4.69, 9.17) is 0 Å². The molecule has 3 aromatic rings. The molecule has 0 saturated heterocycles. The predicted molar refractivity (Wildman–Crippen MR) is 77.6 cm³/mol. The second kappa shape index (κ2) is 5.71. The van der Waals surface area contributed by atoms with Gasteiger partial charge in [0.1, 0.15) is 0 Å². The van der Waals surface area contributed by atoms with Crippen molar-refractivity contribution >= 4 is 11.6 Å². The summed E-state index contributed by atoms with van der Waals surface area (Å²) < 4.78 is 1.71. The first-order valence-electron chi connectivity index (χ1n) is 6.58. The first-order valence-corrected chi connectivity index (χ1v) is 6.58. The number of nitrogens with zero attached hydrogens (tertiary/aromatic N) is 3. The molecule has 0 saturated carbocycles. The third-order valence-corrected chi connectivity index (χ3v) is 3.12. The number of fused-ring (bicyclic) bond motifs is 1. The van der Waals surface area contributed by atoms with Crippen molar-refractivity contribution in [1.82, 2.24) is 14.6 Å². The van der Waals surface area contributed by atoms with Crippen LogP contribution in [0.2, 0.25) is 0 Å². The predicted octanol–water partition coefficient (Wildman–Crippen LogP) is 1.74. The second-order valence-corrected chi connectivity index (χ2v) is 4.65. The molecule has 2 aromatic heterocycles. The molecule has 5 heteroatoms. The zero-order chi connectivity index (χ0) is 13.8. The minimum atomic E-state index is -0.102. The molecule has 1 unspecified atom stereocenters. The Labute approximate surface area is 116 Å². The number of rotatable bonds is 5. The molecule has 0 aliphatic heterocycles. The molecule has 5 nitrogen and oxygen atoms in total. The molecule has 3 rings (SSSR count). The monoisotopic (exact) mass is 268 g/mol. The fraction of sp³-hybridized carbons (Fsp3) is 0.200. The Hall–Kier alpha value is -2.40. The SMILES string of the molecule is OCC(Cc1ccccc1)Nc1nc2ccccn2n1. The zero-order valence-electron chi connectivity index (χ0n) is 11.0. The molecule has 2 heterocycles. The van der Waals surface area contributed by atoms with Crippen LogP contribution < -0.4 is 5.32 Å². The Balaban J connectivity index is 1.74. The summed E-state index contributed by atoms with van der Waals surface area (Å²) in [5.74, 6) is 0.534. The highest BCUT2D eigenvalue weighted by Crippen LogP contribution is 2.09. The van der Waals surface area contributed by atoms with E-state index < -0.39 is 0 Å². The van der Waals surface area contributed by atoms with Crippen LogP contribution in [0.5, 0.6) is 0 Å². The molecule has 0 radical (unpaired) electrons. The van der Waals surface area contributed by atoms with Gasteiger partial charge in [-0.3, -0.25) is 0 Å². The molecule has 102 valence electrons. The van der Waals surface area contributed by atoms with E-state index >= 15 is 0 Å². The molecular formula is C15H16N4O. The molecule has 0 amide bonds. The van der Waals surface area contributed by atoms with Crippen LogP contribution in [0.3, 0.4) is 0 Å². The van der Waals surface area contributed by atoms with E-state index in [1.807, 2.05) is 54.7 Å². The minimum Gasteiger partial charge on any atom is -0.394 e. The molecule has 20 heavy (non-hydrogen) atoms. The highest BCUT2D eigenvalue weighted by molar-refractivity contribution is 5.43. The highest BCUT2D eigenvalue weighted by atomic mass is 16.3. The van der Waals surface area contributed by atoms with E-state index in [1.165, 1.54) is 5.56 Å². The van der Waals surface area contributed by atoms with Crippen molar-refractivity contribution in [1.29, 1.82) is 0 Å². The van der Waals surface area contributed by atoms with Gasteiger partial charge >= 0.3 is 0 Å². The fourth-order valence-corrected chi connectivity index (χ4v) is 2.14. The Bertz CT molecular complexity index is 647. The quantitative estimate of drug-likeness (QED) is 0.740. The van der Waals surface area contributed by atoms with E-state index in [1.54, 1.807) is 4.52 Å². The van der Waals surface area contributed by atoms with Crippen molar-refractivity contribution in [2.24, 2.45) is 0 Å². The van der Waals surface area contributed by atoms with E-state index in [2.05, 4.69) is 15.4 Å². The Morgan fingerprint density at radius 1 is 1.10 bits per heavy atom. The van der Waals surface area contributed by atoms with Crippen LogP contribution in [0.25, 0.3) is 5.65 Å². The maximum absolute atomic E-state index is 9.50. The fourth-order valence-electron chi connectivity index (χ4n) is 2.14. The topological polar surface area (TPSA) is 62.5 Å². The summed E-state index contributed by atoms with van der Waals surface area (Å²) in [5, 5.41) is 17.0. The van der Waals surface area contributed by atoms with E-state index in [-0.39, 0.29) is 12.6 Å². The van der Waals surface area contributed by atoms with Gasteiger partial charge in [0.15, 0.2) is 5.65 Å². The number of pyridine rings is 1. The summed E-state index contributed by atoms with van der Waals surface area (Å²) in [6, 6.07) is 15.7. The molecular weight excluding hydrogens is 252 g/mol. The molecule has 0 bridgehead atoms. The van der Waals surface area contributed by atoms with Crippen LogP contribution in [0.15, 0.2) is 54.7 Å². The summed E-state index contributed by atoms with van der Waals surface area (Å²) in [6.45, 7) is 0.0322. The van der Waals surface area contributed by atoms with Crippen LogP contribution in [0.1, 0.15) is 5.56 Å². The second-order valence-electron chi connectivity index (χ2n) is 4.65. The number of aliphatic hydroxyl groups excluding tert-OH is 1. The largest absolute Gasteiger partial charge is 0.394 e. The van der Waals surface area contributed by atoms with Crippen LogP contribution in [-0.4, -0.2) is 32.4 Å². The first-order chi connectivity index (χ1) is 9.85. The third-order valence-electron chi connectivity index (χ3n) is 3.12. The Morgan fingerprint density at radius 2 is 1.90 bits per heavy atom. The molecule has 0 aliphatic carbocycles. The lowest BCUT2D eigenvalue weighted by Crippen LogP contribution is -2.27. The van der Waals surface area contributed by atoms with Crippen molar-refractivity contribution < 1.29 is 5.11 Å². The lowest BCUT2D eigenvalue weighted by atomic mass is 10.1. The average molecular weight is 268 g/mol. The van der Waals surface area contributed by atoms with Gasteiger partial charge < -0.3 is 10.4 Å². The summed E-state index contributed by atoms with van der Waals surface area (Å²) >= 11 is 0. The van der Waals surface area contributed by atoms with Gasteiger partial charge in [0.25, 0.3) is 0 Å². The van der Waals surface area contributed by atoms with Gasteiger partial charge in [-0.15, -0.1) is 5.10 Å². The van der Waals surface area contributed by atoms with Gasteiger partial charge in [0.05, 0.1) is 12.6 Å². The molecule has 0 fully saturated rings. The molecule has 0 spiro atoms. The number of aliphatic hydroxyl groups is 1. The average Bonchev–Trinajstić information content (AvgIpc) is 2.90.